The zero-order valence-corrected chi connectivity index (χ0v) is 14.7. The lowest BCUT2D eigenvalue weighted by Crippen LogP contribution is -2.32. The number of hydrogen-bond donors (Lipinski definition) is 3. The van der Waals surface area contributed by atoms with Gasteiger partial charge >= 0.3 is 0 Å². The van der Waals surface area contributed by atoms with E-state index in [4.69, 9.17) is 11.6 Å². The molecule has 26 heavy (non-hydrogen) atoms. The van der Waals surface area contributed by atoms with E-state index in [1.165, 1.54) is 12.1 Å². The number of fused-ring (bicyclic) bond motifs is 1. The van der Waals surface area contributed by atoms with Crippen molar-refractivity contribution in [3.63, 3.8) is 0 Å². The largest absolute Gasteiger partial charge is 0.363 e. The second kappa shape index (κ2) is 6.45. The molecule has 3 N–H and O–H groups in total. The normalized spacial score (nSPS) is 13.6. The molecule has 1 aliphatic rings. The number of aromatic nitrogens is 4. The van der Waals surface area contributed by atoms with Crippen LogP contribution in [-0.2, 0) is 13.0 Å². The molecular weight excluding hydrogens is 359 g/mol. The molecule has 1 aromatic carbocycles. The van der Waals surface area contributed by atoms with Crippen molar-refractivity contribution in [2.24, 2.45) is 0 Å². The van der Waals surface area contributed by atoms with Crippen LogP contribution in [0, 0.1) is 12.7 Å². The van der Waals surface area contributed by atoms with Crippen LogP contribution in [0.5, 0.6) is 0 Å². The highest BCUT2D eigenvalue weighted by Crippen LogP contribution is 2.31. The van der Waals surface area contributed by atoms with E-state index in [9.17, 15) is 9.18 Å². The van der Waals surface area contributed by atoms with Crippen LogP contribution >= 0.6 is 11.6 Å². The second-order valence-corrected chi connectivity index (χ2v) is 6.56. The lowest BCUT2D eigenvalue weighted by atomic mass is 10.1. The minimum Gasteiger partial charge on any atom is -0.363 e. The number of aromatic amines is 2. The Labute approximate surface area is 153 Å². The van der Waals surface area contributed by atoms with Gasteiger partial charge in [-0.05, 0) is 37.1 Å². The average Bonchev–Trinajstić information content (AvgIpc) is 3.02. The first-order valence-corrected chi connectivity index (χ1v) is 8.48. The molecule has 7 nitrogen and oxygen atoms in total. The Hall–Kier alpha value is -2.87. The van der Waals surface area contributed by atoms with Gasteiger partial charge in [-0.25, -0.2) is 9.49 Å². The molecule has 3 heterocycles. The lowest BCUT2D eigenvalue weighted by Gasteiger charge is -2.28. The molecule has 9 heteroatoms. The van der Waals surface area contributed by atoms with Crippen LogP contribution < -0.4 is 15.8 Å². The fraction of sp³-hybridized carbons (Fsp3) is 0.235. The van der Waals surface area contributed by atoms with Crippen LogP contribution in [0.3, 0.4) is 0 Å². The van der Waals surface area contributed by atoms with E-state index in [1.54, 1.807) is 12.3 Å². The number of hydrogen-bond acceptors (Lipinski definition) is 5. The summed E-state index contributed by atoms with van der Waals surface area (Å²) in [6, 6.07) is 4.59. The Morgan fingerprint density at radius 2 is 2.19 bits per heavy atom. The van der Waals surface area contributed by atoms with Crippen LogP contribution in [0.15, 0.2) is 29.2 Å². The van der Waals surface area contributed by atoms with E-state index < -0.39 is 5.56 Å². The van der Waals surface area contributed by atoms with Crippen molar-refractivity contribution >= 4 is 28.8 Å². The van der Waals surface area contributed by atoms with Crippen LogP contribution in [0.25, 0.3) is 0 Å². The first-order valence-electron chi connectivity index (χ1n) is 8.10. The highest BCUT2D eigenvalue weighted by molar-refractivity contribution is 6.33. The number of nitrogens with one attached hydrogen (secondary N) is 3. The molecule has 0 unspecified atom stereocenters. The van der Waals surface area contributed by atoms with Crippen LogP contribution in [0.4, 0.5) is 21.6 Å². The Balaban J connectivity index is 1.59. The van der Waals surface area contributed by atoms with Crippen molar-refractivity contribution in [2.75, 3.05) is 16.8 Å². The molecule has 0 amide bonds. The maximum absolute atomic E-state index is 13.3. The minimum atomic E-state index is -0.409. The molecule has 0 fully saturated rings. The van der Waals surface area contributed by atoms with Gasteiger partial charge in [-0.15, -0.1) is 0 Å². The standard InChI is InChI=1S/C17H16ClFN6O/c1-9-6-10(19)2-3-12(9)21-16-11-4-5-25(8-13(11)22-23-16)14-7-20-24-17(26)15(14)18/h2-3,6-7H,4-5,8H2,1H3,(H,24,26)(H2,21,22,23). The zero-order chi connectivity index (χ0) is 18.3. The maximum atomic E-state index is 13.3. The molecule has 4 rings (SSSR count). The second-order valence-electron chi connectivity index (χ2n) is 6.18. The summed E-state index contributed by atoms with van der Waals surface area (Å²) in [5, 5.41) is 16.9. The molecule has 0 atom stereocenters. The molecule has 0 radical (unpaired) electrons. The fourth-order valence-corrected chi connectivity index (χ4v) is 3.33. The van der Waals surface area contributed by atoms with E-state index in [2.05, 4.69) is 25.7 Å². The van der Waals surface area contributed by atoms with Crippen LogP contribution in [0.1, 0.15) is 16.8 Å². The highest BCUT2D eigenvalue weighted by atomic mass is 35.5. The van der Waals surface area contributed by atoms with Gasteiger partial charge in [0.2, 0.25) is 0 Å². The summed E-state index contributed by atoms with van der Waals surface area (Å²) >= 11 is 6.10. The van der Waals surface area contributed by atoms with Gasteiger partial charge in [0.15, 0.2) is 5.82 Å². The lowest BCUT2D eigenvalue weighted by molar-refractivity contribution is 0.627. The highest BCUT2D eigenvalue weighted by Gasteiger charge is 2.24. The van der Waals surface area contributed by atoms with E-state index in [-0.39, 0.29) is 10.8 Å². The van der Waals surface area contributed by atoms with Crippen molar-refractivity contribution < 1.29 is 4.39 Å². The van der Waals surface area contributed by atoms with Gasteiger partial charge < -0.3 is 10.2 Å². The van der Waals surface area contributed by atoms with Crippen molar-refractivity contribution in [1.29, 1.82) is 0 Å². The summed E-state index contributed by atoms with van der Waals surface area (Å²) in [5.74, 6) is 0.459. The number of anilines is 3. The van der Waals surface area contributed by atoms with E-state index in [0.29, 0.717) is 18.8 Å². The first kappa shape index (κ1) is 16.6. The van der Waals surface area contributed by atoms with Crippen molar-refractivity contribution in [2.45, 2.75) is 19.9 Å². The van der Waals surface area contributed by atoms with E-state index in [0.717, 1.165) is 34.7 Å². The number of benzene rings is 1. The number of H-pyrrole nitrogens is 2. The molecule has 0 aliphatic carbocycles. The van der Waals surface area contributed by atoms with Gasteiger partial charge in [0.25, 0.3) is 5.56 Å². The topological polar surface area (TPSA) is 89.7 Å². The molecule has 0 bridgehead atoms. The van der Waals surface area contributed by atoms with E-state index in [1.807, 2.05) is 11.8 Å². The molecular formula is C17H16ClFN6O. The predicted octanol–water partition coefficient (Wildman–Crippen LogP) is 2.90. The third kappa shape index (κ3) is 2.92. The SMILES string of the molecule is Cc1cc(F)ccc1Nc1n[nH]c2c1CCN(c1cn[nH]c(=O)c1Cl)C2. The summed E-state index contributed by atoms with van der Waals surface area (Å²) in [6.07, 6.45) is 2.27. The van der Waals surface area contributed by atoms with Crippen LogP contribution in [-0.4, -0.2) is 26.9 Å². The Kier molecular flexibility index (Phi) is 4.12. The monoisotopic (exact) mass is 374 g/mol. The summed E-state index contributed by atoms with van der Waals surface area (Å²) in [7, 11) is 0. The Bertz CT molecular complexity index is 1030. The number of rotatable bonds is 3. The predicted molar refractivity (Wildman–Crippen MR) is 97.6 cm³/mol. The van der Waals surface area contributed by atoms with Gasteiger partial charge in [-0.3, -0.25) is 9.89 Å². The van der Waals surface area contributed by atoms with Gasteiger partial charge in [0, 0.05) is 17.8 Å². The molecule has 3 aromatic rings. The molecule has 1 aliphatic heterocycles. The van der Waals surface area contributed by atoms with Gasteiger partial charge in [-0.1, -0.05) is 11.6 Å². The first-order chi connectivity index (χ1) is 12.5. The third-order valence-electron chi connectivity index (χ3n) is 4.49. The van der Waals surface area contributed by atoms with E-state index >= 15 is 0 Å². The molecule has 134 valence electrons. The minimum absolute atomic E-state index is 0.128. The maximum Gasteiger partial charge on any atom is 0.285 e. The quantitative estimate of drug-likeness (QED) is 0.656. The van der Waals surface area contributed by atoms with Gasteiger partial charge in [0.05, 0.1) is 24.1 Å². The van der Waals surface area contributed by atoms with Crippen LogP contribution in [0.2, 0.25) is 5.02 Å². The number of nitrogens with zero attached hydrogens (tertiary/aromatic N) is 3. The molecule has 0 spiro atoms. The van der Waals surface area contributed by atoms with Crippen molar-refractivity contribution in [1.82, 2.24) is 20.4 Å². The summed E-state index contributed by atoms with van der Waals surface area (Å²) in [6.45, 7) is 3.06. The molecule has 2 aromatic heterocycles. The summed E-state index contributed by atoms with van der Waals surface area (Å²) < 4.78 is 13.3. The van der Waals surface area contributed by atoms with Crippen molar-refractivity contribution in [3.8, 4) is 0 Å². The average molecular weight is 375 g/mol. The summed E-state index contributed by atoms with van der Waals surface area (Å²) in [4.78, 5) is 13.6. The molecule has 0 saturated carbocycles. The zero-order valence-electron chi connectivity index (χ0n) is 13.9. The molecule has 0 saturated heterocycles. The Morgan fingerprint density at radius 1 is 1.35 bits per heavy atom. The fourth-order valence-electron chi connectivity index (χ4n) is 3.12. The van der Waals surface area contributed by atoms with Gasteiger partial charge in [-0.2, -0.15) is 10.2 Å². The van der Waals surface area contributed by atoms with Crippen molar-refractivity contribution in [3.05, 3.63) is 62.4 Å². The number of halogens is 2. The smallest absolute Gasteiger partial charge is 0.285 e. The summed E-state index contributed by atoms with van der Waals surface area (Å²) in [5.41, 5.74) is 3.81. The third-order valence-corrected chi connectivity index (χ3v) is 4.86. The Morgan fingerprint density at radius 3 is 3.00 bits per heavy atom. The number of aryl methyl sites for hydroxylation is 1. The van der Waals surface area contributed by atoms with Gasteiger partial charge in [0.1, 0.15) is 10.8 Å².